The highest BCUT2D eigenvalue weighted by Gasteiger charge is 2.27. The van der Waals surface area contributed by atoms with Crippen LogP contribution in [0.3, 0.4) is 0 Å². The molecule has 1 aromatic heterocycles. The van der Waals surface area contributed by atoms with Crippen molar-refractivity contribution < 1.29 is 18.0 Å². The lowest BCUT2D eigenvalue weighted by Gasteiger charge is -2.31. The average Bonchev–Trinajstić information content (AvgIpc) is 3.34. The highest BCUT2D eigenvalue weighted by molar-refractivity contribution is 7.89. The molecule has 0 unspecified atom stereocenters. The van der Waals surface area contributed by atoms with Gasteiger partial charge in [-0.05, 0) is 37.0 Å². The molecule has 0 bridgehead atoms. The van der Waals surface area contributed by atoms with Crippen LogP contribution in [0.25, 0.3) is 11.1 Å². The molecule has 2 aromatic rings. The Morgan fingerprint density at radius 1 is 1.06 bits per heavy atom. The van der Waals surface area contributed by atoms with Gasteiger partial charge in [-0.1, -0.05) is 18.2 Å². The number of rotatable bonds is 5. The van der Waals surface area contributed by atoms with E-state index >= 15 is 0 Å². The van der Waals surface area contributed by atoms with Gasteiger partial charge in [0.25, 0.3) is 0 Å². The van der Waals surface area contributed by atoms with Crippen LogP contribution in [-0.4, -0.2) is 72.4 Å². The predicted molar refractivity (Wildman–Crippen MR) is 124 cm³/mol. The van der Waals surface area contributed by atoms with Crippen molar-refractivity contribution in [3.63, 3.8) is 0 Å². The summed E-state index contributed by atoms with van der Waals surface area (Å²) in [6, 6.07) is 7.07. The molecule has 4 rings (SSSR count). The summed E-state index contributed by atoms with van der Waals surface area (Å²) in [5, 5.41) is 7.08. The lowest BCUT2D eigenvalue weighted by molar-refractivity contribution is -0.130. The number of nitrogens with zero attached hydrogens (tertiary/aromatic N) is 4. The molecule has 10 heteroatoms. The summed E-state index contributed by atoms with van der Waals surface area (Å²) in [6.45, 7) is 3.52. The smallest absolute Gasteiger partial charge is 0.246 e. The van der Waals surface area contributed by atoms with Crippen LogP contribution in [0.5, 0.6) is 0 Å². The van der Waals surface area contributed by atoms with E-state index in [2.05, 4.69) is 10.4 Å². The van der Waals surface area contributed by atoms with E-state index in [1.807, 2.05) is 15.8 Å². The van der Waals surface area contributed by atoms with Gasteiger partial charge >= 0.3 is 0 Å². The van der Waals surface area contributed by atoms with Crippen molar-refractivity contribution in [2.45, 2.75) is 37.1 Å². The van der Waals surface area contributed by atoms with Gasteiger partial charge in [0, 0.05) is 57.5 Å². The first-order valence-corrected chi connectivity index (χ1v) is 12.5. The third kappa shape index (κ3) is 4.86. The number of piperidine rings is 1. The summed E-state index contributed by atoms with van der Waals surface area (Å²) in [5.41, 5.74) is 2.43. The van der Waals surface area contributed by atoms with Crippen LogP contribution in [0, 0.1) is 0 Å². The molecular formula is C23H29N5O4S. The molecule has 2 aliphatic rings. The molecule has 3 heterocycles. The van der Waals surface area contributed by atoms with Gasteiger partial charge in [-0.2, -0.15) is 9.40 Å². The van der Waals surface area contributed by atoms with Gasteiger partial charge in [0.2, 0.25) is 21.8 Å². The summed E-state index contributed by atoms with van der Waals surface area (Å²) in [7, 11) is -2.07. The molecule has 0 spiro atoms. The van der Waals surface area contributed by atoms with E-state index in [0.717, 1.165) is 37.1 Å². The monoisotopic (exact) mass is 471 g/mol. The Kier molecular flexibility index (Phi) is 6.66. The van der Waals surface area contributed by atoms with Gasteiger partial charge in [-0.15, -0.1) is 0 Å². The summed E-state index contributed by atoms with van der Waals surface area (Å²) < 4.78 is 29.4. The zero-order valence-electron chi connectivity index (χ0n) is 18.9. The van der Waals surface area contributed by atoms with Crippen LogP contribution >= 0.6 is 0 Å². The Hall–Kier alpha value is -2.98. The molecule has 1 N–H and O–H groups in total. The number of nitrogens with one attached hydrogen (secondary N) is 1. The number of carbonyl (C=O) groups excluding carboxylic acids is 2. The lowest BCUT2D eigenvalue weighted by Crippen LogP contribution is -2.37. The van der Waals surface area contributed by atoms with E-state index < -0.39 is 10.0 Å². The van der Waals surface area contributed by atoms with Crippen molar-refractivity contribution in [1.29, 1.82) is 0 Å². The second-order valence-corrected chi connectivity index (χ2v) is 10.3. The summed E-state index contributed by atoms with van der Waals surface area (Å²) in [6.07, 6.45) is 7.56. The summed E-state index contributed by atoms with van der Waals surface area (Å²) in [4.78, 5) is 25.4. The number of sulfonamides is 1. The molecule has 2 aliphatic heterocycles. The molecule has 176 valence electrons. The van der Waals surface area contributed by atoms with Crippen LogP contribution in [0.15, 0.2) is 53.2 Å². The Bertz CT molecular complexity index is 1160. The van der Waals surface area contributed by atoms with Crippen molar-refractivity contribution in [1.82, 2.24) is 24.3 Å². The fourth-order valence-electron chi connectivity index (χ4n) is 4.34. The van der Waals surface area contributed by atoms with Gasteiger partial charge in [0.15, 0.2) is 0 Å². The number of aromatic nitrogens is 2. The normalized spacial score (nSPS) is 18.1. The van der Waals surface area contributed by atoms with Crippen molar-refractivity contribution in [3.05, 3.63) is 48.3 Å². The number of benzene rings is 1. The molecular weight excluding hydrogens is 442 g/mol. The van der Waals surface area contributed by atoms with E-state index in [0.29, 0.717) is 12.0 Å². The zero-order valence-corrected chi connectivity index (χ0v) is 19.7. The molecule has 1 saturated heterocycles. The van der Waals surface area contributed by atoms with Crippen molar-refractivity contribution in [3.8, 4) is 11.1 Å². The second-order valence-electron chi connectivity index (χ2n) is 8.39. The lowest BCUT2D eigenvalue weighted by atomic mass is 10.1. The molecule has 0 atom stereocenters. The van der Waals surface area contributed by atoms with Crippen molar-refractivity contribution in [2.75, 3.05) is 33.2 Å². The van der Waals surface area contributed by atoms with Crippen molar-refractivity contribution >= 4 is 21.8 Å². The van der Waals surface area contributed by atoms with Crippen LogP contribution in [0.2, 0.25) is 0 Å². The fourth-order valence-corrected chi connectivity index (χ4v) is 5.72. The first kappa shape index (κ1) is 23.2. The molecule has 0 saturated carbocycles. The third-order valence-corrected chi connectivity index (χ3v) is 8.28. The fraction of sp³-hybridized carbons (Fsp3) is 0.435. The first-order valence-electron chi connectivity index (χ1n) is 11.1. The highest BCUT2D eigenvalue weighted by Crippen LogP contribution is 2.27. The van der Waals surface area contributed by atoms with Gasteiger partial charge in [0.1, 0.15) is 0 Å². The minimum absolute atomic E-state index is 0.108. The van der Waals surface area contributed by atoms with E-state index in [9.17, 15) is 18.0 Å². The van der Waals surface area contributed by atoms with Gasteiger partial charge in [0.05, 0.1) is 17.1 Å². The van der Waals surface area contributed by atoms with E-state index in [1.54, 1.807) is 50.5 Å². The number of carbonyl (C=O) groups is 2. The number of likely N-dealkylation sites (tertiary alicyclic amines) is 1. The maximum absolute atomic E-state index is 13.0. The first-order chi connectivity index (χ1) is 15.8. The van der Waals surface area contributed by atoms with Crippen LogP contribution in [-0.2, 0) is 19.6 Å². The summed E-state index contributed by atoms with van der Waals surface area (Å²) in [5.74, 6) is -0.0570. The Labute approximate surface area is 194 Å². The Morgan fingerprint density at radius 3 is 2.33 bits per heavy atom. The molecule has 1 fully saturated rings. The zero-order chi connectivity index (χ0) is 23.6. The maximum atomic E-state index is 13.0. The topological polar surface area (TPSA) is 105 Å². The number of hydrogen-bond acceptors (Lipinski definition) is 5. The SMILES string of the molecule is CNC(=O)C1=CCN(S(=O)(=O)c2ccc(-c3cnn(C4CCN(C(C)=O)CC4)c3)cc2)CC1. The largest absolute Gasteiger partial charge is 0.355 e. The van der Waals surface area contributed by atoms with Crippen molar-refractivity contribution in [2.24, 2.45) is 0 Å². The number of amides is 2. The molecule has 0 aliphatic carbocycles. The van der Waals surface area contributed by atoms with Crippen LogP contribution in [0.4, 0.5) is 0 Å². The molecule has 33 heavy (non-hydrogen) atoms. The standard InChI is InChI=1S/C23H29N5O4S/c1-17(29)26-11-9-21(10-12-26)28-16-20(15-25-28)18-3-5-22(6-4-18)33(31,32)27-13-7-19(8-14-27)23(30)24-2/h3-7,15-16,21H,8-14H2,1-2H3,(H,24,30). The van der Waals surface area contributed by atoms with E-state index in [-0.39, 0.29) is 35.8 Å². The minimum Gasteiger partial charge on any atom is -0.355 e. The quantitative estimate of drug-likeness (QED) is 0.716. The minimum atomic E-state index is -3.64. The van der Waals surface area contributed by atoms with Crippen LogP contribution in [0.1, 0.15) is 32.2 Å². The maximum Gasteiger partial charge on any atom is 0.246 e. The molecule has 9 nitrogen and oxygen atoms in total. The number of hydrogen-bond donors (Lipinski definition) is 1. The van der Waals surface area contributed by atoms with E-state index in [4.69, 9.17) is 0 Å². The Balaban J connectivity index is 1.43. The Morgan fingerprint density at radius 2 is 1.76 bits per heavy atom. The molecule has 1 aromatic carbocycles. The number of likely N-dealkylation sites (N-methyl/N-ethyl adjacent to an activating group) is 1. The predicted octanol–water partition coefficient (Wildman–Crippen LogP) is 1.80. The van der Waals surface area contributed by atoms with Gasteiger partial charge in [-0.3, -0.25) is 14.3 Å². The molecule has 2 amide bonds. The average molecular weight is 472 g/mol. The van der Waals surface area contributed by atoms with Gasteiger partial charge in [-0.25, -0.2) is 8.42 Å². The van der Waals surface area contributed by atoms with Gasteiger partial charge < -0.3 is 10.2 Å². The second kappa shape index (κ2) is 9.48. The van der Waals surface area contributed by atoms with Crippen LogP contribution < -0.4 is 5.32 Å². The van der Waals surface area contributed by atoms with E-state index in [1.165, 1.54) is 4.31 Å². The molecule has 0 radical (unpaired) electrons. The third-order valence-electron chi connectivity index (χ3n) is 6.40. The summed E-state index contributed by atoms with van der Waals surface area (Å²) >= 11 is 0. The highest BCUT2D eigenvalue weighted by atomic mass is 32.2.